The Morgan fingerprint density at radius 3 is 2.16 bits per heavy atom. The first-order chi connectivity index (χ1) is 18.1. The number of methoxy groups -OCH3 is 2. The smallest absolute Gasteiger partial charge is 0.200 e. The van der Waals surface area contributed by atoms with Crippen molar-refractivity contribution < 1.29 is 33.2 Å². The number of benzene rings is 2. The first kappa shape index (κ1) is 27.0. The van der Waals surface area contributed by atoms with Crippen molar-refractivity contribution in [1.29, 1.82) is 0 Å². The summed E-state index contributed by atoms with van der Waals surface area (Å²) in [6.45, 7) is 1.41. The molecule has 2 heterocycles. The van der Waals surface area contributed by atoms with E-state index in [2.05, 4.69) is 0 Å². The molecule has 37 heavy (non-hydrogen) atoms. The van der Waals surface area contributed by atoms with Crippen molar-refractivity contribution in [2.45, 2.75) is 70.4 Å². The van der Waals surface area contributed by atoms with Gasteiger partial charge in [-0.05, 0) is 80.0 Å². The van der Waals surface area contributed by atoms with Crippen LogP contribution in [0.25, 0.3) is 6.08 Å². The fourth-order valence-corrected chi connectivity index (χ4v) is 4.48. The van der Waals surface area contributed by atoms with Crippen LogP contribution in [0.3, 0.4) is 0 Å². The van der Waals surface area contributed by atoms with Crippen LogP contribution in [-0.2, 0) is 20.7 Å². The predicted octanol–water partition coefficient (Wildman–Crippen LogP) is 6.12. The Labute approximate surface area is 219 Å². The van der Waals surface area contributed by atoms with Crippen molar-refractivity contribution in [3.8, 4) is 23.0 Å². The molecule has 0 amide bonds. The molecule has 2 aromatic carbocycles. The van der Waals surface area contributed by atoms with Gasteiger partial charge >= 0.3 is 0 Å². The van der Waals surface area contributed by atoms with Crippen molar-refractivity contribution >= 4 is 11.9 Å². The molecule has 2 aliphatic heterocycles. The van der Waals surface area contributed by atoms with Gasteiger partial charge in [-0.3, -0.25) is 4.79 Å². The van der Waals surface area contributed by atoms with Crippen molar-refractivity contribution in [3.63, 3.8) is 0 Å². The molecular formula is C30H38O7. The van der Waals surface area contributed by atoms with Gasteiger partial charge in [-0.25, -0.2) is 0 Å². The van der Waals surface area contributed by atoms with E-state index in [4.69, 9.17) is 28.4 Å². The highest BCUT2D eigenvalue weighted by atomic mass is 16.7. The highest BCUT2D eigenvalue weighted by molar-refractivity contribution is 5.93. The Kier molecular flexibility index (Phi) is 10.3. The third-order valence-electron chi connectivity index (χ3n) is 6.56. The van der Waals surface area contributed by atoms with Gasteiger partial charge in [0.05, 0.1) is 27.4 Å². The summed E-state index contributed by atoms with van der Waals surface area (Å²) in [5.41, 5.74) is 1.98. The zero-order chi connectivity index (χ0) is 25.9. The third-order valence-corrected chi connectivity index (χ3v) is 6.56. The van der Waals surface area contributed by atoms with Gasteiger partial charge in [0.2, 0.25) is 0 Å². The Morgan fingerprint density at radius 2 is 1.51 bits per heavy atom. The van der Waals surface area contributed by atoms with Crippen LogP contribution in [0.2, 0.25) is 0 Å². The Balaban J connectivity index is 1.35. The van der Waals surface area contributed by atoms with Gasteiger partial charge in [0.15, 0.2) is 41.4 Å². The lowest BCUT2D eigenvalue weighted by Crippen LogP contribution is -2.27. The molecule has 2 unspecified atom stereocenters. The summed E-state index contributed by atoms with van der Waals surface area (Å²) in [4.78, 5) is 12.5. The molecule has 0 aliphatic carbocycles. The van der Waals surface area contributed by atoms with Gasteiger partial charge in [-0.15, -0.1) is 0 Å². The van der Waals surface area contributed by atoms with E-state index in [-0.39, 0.29) is 18.4 Å². The van der Waals surface area contributed by atoms with E-state index < -0.39 is 0 Å². The monoisotopic (exact) mass is 510 g/mol. The number of ether oxygens (including phenoxy) is 6. The number of rotatable bonds is 12. The van der Waals surface area contributed by atoms with E-state index in [1.54, 1.807) is 20.3 Å². The lowest BCUT2D eigenvalue weighted by atomic mass is 10.1. The average molecular weight is 511 g/mol. The second kappa shape index (κ2) is 14.1. The number of carbonyl (C=O) groups excluding carboxylic acids is 1. The molecule has 200 valence electrons. The van der Waals surface area contributed by atoms with Crippen LogP contribution in [-0.4, -0.2) is 45.8 Å². The number of hydrogen-bond donors (Lipinski definition) is 0. The molecule has 0 saturated carbocycles. The highest BCUT2D eigenvalue weighted by Crippen LogP contribution is 2.33. The standard InChI is InChI=1S/C30H38O7/c1-32-25-16-13-22(20-27(25)33-2)8-7-9-24(31)15-12-23-14-17-26(36-29-10-3-5-18-34-29)28(21-23)37-30-11-4-6-19-35-30/h12-17,20-21,29-30H,3-11,18-19H2,1-2H3. The summed E-state index contributed by atoms with van der Waals surface area (Å²) >= 11 is 0. The Hall–Kier alpha value is -3.03. The Morgan fingerprint density at radius 1 is 0.838 bits per heavy atom. The van der Waals surface area contributed by atoms with Crippen LogP contribution in [0.4, 0.5) is 0 Å². The van der Waals surface area contributed by atoms with E-state index in [1.165, 1.54) is 0 Å². The number of aryl methyl sites for hydroxylation is 1. The summed E-state index contributed by atoms with van der Waals surface area (Å²) < 4.78 is 34.5. The first-order valence-corrected chi connectivity index (χ1v) is 13.3. The Bertz CT molecular complexity index is 1040. The maximum absolute atomic E-state index is 12.5. The first-order valence-electron chi connectivity index (χ1n) is 13.3. The topological polar surface area (TPSA) is 72.5 Å². The van der Waals surface area contributed by atoms with Crippen LogP contribution in [0, 0.1) is 0 Å². The minimum Gasteiger partial charge on any atom is -0.493 e. The quantitative estimate of drug-likeness (QED) is 0.319. The molecule has 7 heteroatoms. The maximum atomic E-state index is 12.5. The van der Waals surface area contributed by atoms with Crippen molar-refractivity contribution in [2.24, 2.45) is 0 Å². The number of hydrogen-bond acceptors (Lipinski definition) is 7. The molecule has 2 atom stereocenters. The van der Waals surface area contributed by atoms with Gasteiger partial charge in [-0.1, -0.05) is 18.2 Å². The van der Waals surface area contributed by atoms with Gasteiger partial charge in [0.1, 0.15) is 0 Å². The maximum Gasteiger partial charge on any atom is 0.200 e. The molecule has 0 N–H and O–H groups in total. The van der Waals surface area contributed by atoms with Crippen LogP contribution in [0.5, 0.6) is 23.0 Å². The molecule has 2 saturated heterocycles. The largest absolute Gasteiger partial charge is 0.493 e. The average Bonchev–Trinajstić information content (AvgIpc) is 2.94. The van der Waals surface area contributed by atoms with E-state index in [0.717, 1.165) is 62.5 Å². The van der Waals surface area contributed by atoms with E-state index in [1.807, 2.05) is 42.5 Å². The second-order valence-electron chi connectivity index (χ2n) is 9.38. The third kappa shape index (κ3) is 8.23. The van der Waals surface area contributed by atoms with E-state index in [0.29, 0.717) is 42.6 Å². The summed E-state index contributed by atoms with van der Waals surface area (Å²) in [7, 11) is 3.24. The molecule has 0 radical (unpaired) electrons. The lowest BCUT2D eigenvalue weighted by molar-refractivity contribution is -0.119. The van der Waals surface area contributed by atoms with E-state index >= 15 is 0 Å². The summed E-state index contributed by atoms with van der Waals surface area (Å²) in [6, 6.07) is 11.6. The molecule has 0 aromatic heterocycles. The molecule has 0 spiro atoms. The second-order valence-corrected chi connectivity index (χ2v) is 9.38. The number of allylic oxidation sites excluding steroid dienone is 1. The molecular weight excluding hydrogens is 472 g/mol. The molecule has 2 fully saturated rings. The number of ketones is 1. The summed E-state index contributed by atoms with van der Waals surface area (Å²) in [6.07, 6.45) is 10.9. The zero-order valence-electron chi connectivity index (χ0n) is 21.9. The van der Waals surface area contributed by atoms with Crippen LogP contribution >= 0.6 is 0 Å². The normalized spacial score (nSPS) is 19.9. The SMILES string of the molecule is COc1ccc(CCCC(=O)C=Cc2ccc(OC3CCCCO3)c(OC3CCCCO3)c2)cc1OC. The van der Waals surface area contributed by atoms with Crippen molar-refractivity contribution in [1.82, 2.24) is 0 Å². The summed E-state index contributed by atoms with van der Waals surface area (Å²) in [5.74, 6) is 2.73. The molecule has 0 bridgehead atoms. The van der Waals surface area contributed by atoms with Gasteiger partial charge in [-0.2, -0.15) is 0 Å². The zero-order valence-corrected chi connectivity index (χ0v) is 21.9. The lowest BCUT2D eigenvalue weighted by Gasteiger charge is -2.27. The van der Waals surface area contributed by atoms with Gasteiger partial charge < -0.3 is 28.4 Å². The minimum atomic E-state index is -0.291. The predicted molar refractivity (Wildman–Crippen MR) is 141 cm³/mol. The minimum absolute atomic E-state index is 0.0782. The molecule has 2 aromatic rings. The fourth-order valence-electron chi connectivity index (χ4n) is 4.48. The highest BCUT2D eigenvalue weighted by Gasteiger charge is 2.21. The van der Waals surface area contributed by atoms with E-state index in [9.17, 15) is 4.79 Å². The van der Waals surface area contributed by atoms with Gasteiger partial charge in [0.25, 0.3) is 0 Å². The van der Waals surface area contributed by atoms with Crippen LogP contribution < -0.4 is 18.9 Å². The number of carbonyl (C=O) groups is 1. The molecule has 4 rings (SSSR count). The summed E-state index contributed by atoms with van der Waals surface area (Å²) in [5, 5.41) is 0. The van der Waals surface area contributed by atoms with Crippen LogP contribution in [0.1, 0.15) is 62.5 Å². The van der Waals surface area contributed by atoms with Gasteiger partial charge in [0, 0.05) is 19.3 Å². The van der Waals surface area contributed by atoms with Crippen molar-refractivity contribution in [3.05, 3.63) is 53.6 Å². The van der Waals surface area contributed by atoms with Crippen molar-refractivity contribution in [2.75, 3.05) is 27.4 Å². The van der Waals surface area contributed by atoms with Crippen LogP contribution in [0.15, 0.2) is 42.5 Å². The fraction of sp³-hybridized carbons (Fsp3) is 0.500. The molecule has 2 aliphatic rings. The molecule has 7 nitrogen and oxygen atoms in total.